The molecule has 0 unspecified atom stereocenters. The molecule has 31 heavy (non-hydrogen) atoms. The van der Waals surface area contributed by atoms with Crippen molar-refractivity contribution in [2.45, 2.75) is 45.9 Å². The summed E-state index contributed by atoms with van der Waals surface area (Å²) in [5.74, 6) is 0. The molecule has 9 heteroatoms. The fourth-order valence-corrected chi connectivity index (χ4v) is 3.38. The summed E-state index contributed by atoms with van der Waals surface area (Å²) >= 11 is 0. The Morgan fingerprint density at radius 3 is 2.71 bits per heavy atom. The van der Waals surface area contributed by atoms with Crippen molar-refractivity contribution in [2.75, 3.05) is 5.32 Å². The highest BCUT2D eigenvalue weighted by molar-refractivity contribution is 5.78. The molecule has 0 fully saturated rings. The maximum absolute atomic E-state index is 10.0. The molecule has 0 atom stereocenters. The Labute approximate surface area is 180 Å². The first kappa shape index (κ1) is 20.5. The van der Waals surface area contributed by atoms with Gasteiger partial charge in [-0.1, -0.05) is 5.21 Å². The number of hydrogen-bond acceptors (Lipinski definition) is 7. The number of fused-ring (bicyclic) bond motifs is 1. The van der Waals surface area contributed by atoms with Crippen LogP contribution >= 0.6 is 0 Å². The molecule has 0 bridgehead atoms. The summed E-state index contributed by atoms with van der Waals surface area (Å²) in [6.45, 7) is 7.92. The van der Waals surface area contributed by atoms with E-state index in [1.54, 1.807) is 47.7 Å². The van der Waals surface area contributed by atoms with Crippen LogP contribution in [0.3, 0.4) is 0 Å². The Morgan fingerprint density at radius 1 is 1.19 bits per heavy atom. The lowest BCUT2D eigenvalue weighted by molar-refractivity contribution is 0.0571. The van der Waals surface area contributed by atoms with Gasteiger partial charge in [-0.15, -0.1) is 5.10 Å². The van der Waals surface area contributed by atoms with Gasteiger partial charge in [0.25, 0.3) is 0 Å². The summed E-state index contributed by atoms with van der Waals surface area (Å²) in [5, 5.41) is 35.4. The lowest BCUT2D eigenvalue weighted by Gasteiger charge is -2.16. The third-order valence-electron chi connectivity index (χ3n) is 4.60. The van der Waals surface area contributed by atoms with E-state index in [4.69, 9.17) is 5.26 Å². The van der Waals surface area contributed by atoms with Gasteiger partial charge in [-0.05, 0) is 52.0 Å². The summed E-state index contributed by atoms with van der Waals surface area (Å²) in [6.07, 6.45) is 5.11. The van der Waals surface area contributed by atoms with Crippen LogP contribution in [0.4, 0.5) is 5.69 Å². The van der Waals surface area contributed by atoms with Gasteiger partial charge in [-0.3, -0.25) is 4.98 Å². The van der Waals surface area contributed by atoms with E-state index in [2.05, 4.69) is 45.6 Å². The van der Waals surface area contributed by atoms with Crippen LogP contribution in [0.2, 0.25) is 0 Å². The average Bonchev–Trinajstić information content (AvgIpc) is 3.32. The molecule has 2 N–H and O–H groups in total. The molecule has 0 aliphatic carbocycles. The molecule has 0 aliphatic heterocycles. The average molecular weight is 416 g/mol. The number of hydrogen-bond donors (Lipinski definition) is 2. The van der Waals surface area contributed by atoms with Gasteiger partial charge in [-0.2, -0.15) is 10.4 Å². The molecule has 0 saturated heterocycles. The van der Waals surface area contributed by atoms with Crippen molar-refractivity contribution in [1.82, 2.24) is 29.6 Å². The van der Waals surface area contributed by atoms with Gasteiger partial charge in [-0.25, -0.2) is 9.20 Å². The van der Waals surface area contributed by atoms with Crippen molar-refractivity contribution < 1.29 is 5.11 Å². The maximum atomic E-state index is 10.0. The van der Waals surface area contributed by atoms with Crippen molar-refractivity contribution in [1.29, 1.82) is 5.26 Å². The monoisotopic (exact) mass is 416 g/mol. The summed E-state index contributed by atoms with van der Waals surface area (Å²) in [5.41, 5.74) is 4.38. The number of nitriles is 1. The minimum atomic E-state index is -0.888. The van der Waals surface area contributed by atoms with Gasteiger partial charge in [0.1, 0.15) is 11.8 Å². The summed E-state index contributed by atoms with van der Waals surface area (Å²) < 4.78 is 3.39. The van der Waals surface area contributed by atoms with E-state index >= 15 is 0 Å². The molecule has 9 nitrogen and oxygen atoms in total. The molecule has 4 aromatic rings. The van der Waals surface area contributed by atoms with E-state index in [0.717, 1.165) is 28.2 Å². The van der Waals surface area contributed by atoms with Gasteiger partial charge >= 0.3 is 0 Å². The van der Waals surface area contributed by atoms with Crippen LogP contribution in [0, 0.1) is 11.3 Å². The molecule has 4 rings (SSSR count). The fourth-order valence-electron chi connectivity index (χ4n) is 3.38. The first-order valence-corrected chi connectivity index (χ1v) is 10.0. The molecular formula is C22H24N8O. The highest BCUT2D eigenvalue weighted by Gasteiger charge is 2.18. The van der Waals surface area contributed by atoms with Crippen LogP contribution < -0.4 is 5.32 Å². The van der Waals surface area contributed by atoms with Gasteiger partial charge in [0.05, 0.1) is 47.0 Å². The number of nitrogens with zero attached hydrogens (tertiary/aromatic N) is 7. The molecule has 0 radical (unpaired) electrons. The molecule has 0 aliphatic rings. The Bertz CT molecular complexity index is 1270. The van der Waals surface area contributed by atoms with Gasteiger partial charge in [0.15, 0.2) is 0 Å². The van der Waals surface area contributed by atoms with E-state index in [0.29, 0.717) is 17.8 Å². The molecule has 4 aromatic heterocycles. The van der Waals surface area contributed by atoms with Crippen LogP contribution in [0.1, 0.15) is 33.3 Å². The smallest absolute Gasteiger partial charge is 0.116 e. The standard InChI is InChI=1S/C22H24N8O/c1-14(2)26-18-8-19(21-6-5-16-7-15(9-23)10-25-30(16)21)24-11-17(18)20-12-29(28-27-20)13-22(3,4)31/h5-8,10-12,14,31H,13H2,1-4H3,(H,24,26). The van der Waals surface area contributed by atoms with E-state index in [1.807, 2.05) is 18.2 Å². The Kier molecular flexibility index (Phi) is 5.17. The number of aliphatic hydroxyl groups is 1. The number of anilines is 1. The number of aromatic nitrogens is 6. The van der Waals surface area contributed by atoms with Crippen LogP contribution in [0.5, 0.6) is 0 Å². The Balaban J connectivity index is 1.76. The number of nitrogens with one attached hydrogen (secondary N) is 1. The zero-order chi connectivity index (χ0) is 22.2. The van der Waals surface area contributed by atoms with E-state index in [9.17, 15) is 5.11 Å². The number of pyridine rings is 1. The topological polar surface area (TPSA) is 117 Å². The maximum Gasteiger partial charge on any atom is 0.116 e. The lowest BCUT2D eigenvalue weighted by atomic mass is 10.1. The van der Waals surface area contributed by atoms with Gasteiger partial charge in [0, 0.05) is 23.5 Å². The first-order chi connectivity index (χ1) is 14.7. The Hall–Kier alpha value is -3.77. The van der Waals surface area contributed by atoms with E-state index < -0.39 is 5.60 Å². The third kappa shape index (κ3) is 4.39. The zero-order valence-electron chi connectivity index (χ0n) is 17.9. The third-order valence-corrected chi connectivity index (χ3v) is 4.60. The van der Waals surface area contributed by atoms with Gasteiger partial charge < -0.3 is 10.4 Å². The second-order valence-electron chi connectivity index (χ2n) is 8.44. The highest BCUT2D eigenvalue weighted by Crippen LogP contribution is 2.31. The fraction of sp³-hybridized carbons (Fsp3) is 0.318. The molecule has 0 aromatic carbocycles. The second kappa shape index (κ2) is 7.81. The quantitative estimate of drug-likeness (QED) is 0.496. The van der Waals surface area contributed by atoms with Crippen molar-refractivity contribution in [3.8, 4) is 28.7 Å². The Morgan fingerprint density at radius 2 is 2.00 bits per heavy atom. The largest absolute Gasteiger partial charge is 0.389 e. The molecular weight excluding hydrogens is 392 g/mol. The van der Waals surface area contributed by atoms with Crippen molar-refractivity contribution in [3.63, 3.8) is 0 Å². The molecule has 4 heterocycles. The highest BCUT2D eigenvalue weighted by atomic mass is 16.3. The predicted molar refractivity (Wildman–Crippen MR) is 117 cm³/mol. The minimum absolute atomic E-state index is 0.195. The summed E-state index contributed by atoms with van der Waals surface area (Å²) in [7, 11) is 0. The first-order valence-electron chi connectivity index (χ1n) is 10.0. The predicted octanol–water partition coefficient (Wildman–Crippen LogP) is 3.12. The second-order valence-corrected chi connectivity index (χ2v) is 8.44. The van der Waals surface area contributed by atoms with E-state index in [-0.39, 0.29) is 6.04 Å². The number of rotatable bonds is 6. The van der Waals surface area contributed by atoms with Crippen LogP contribution in [-0.4, -0.2) is 46.3 Å². The van der Waals surface area contributed by atoms with Crippen LogP contribution in [0.25, 0.3) is 28.2 Å². The molecule has 158 valence electrons. The SMILES string of the molecule is CC(C)Nc1cc(-c2ccc3cc(C#N)cnn23)ncc1-c1cn(CC(C)(C)O)nn1. The van der Waals surface area contributed by atoms with Crippen LogP contribution in [0.15, 0.2) is 42.9 Å². The summed E-state index contributed by atoms with van der Waals surface area (Å²) in [6, 6.07) is 9.91. The zero-order valence-corrected chi connectivity index (χ0v) is 17.9. The molecule has 0 amide bonds. The summed E-state index contributed by atoms with van der Waals surface area (Å²) in [4.78, 5) is 4.65. The van der Waals surface area contributed by atoms with Crippen molar-refractivity contribution in [2.24, 2.45) is 0 Å². The van der Waals surface area contributed by atoms with Crippen LogP contribution in [-0.2, 0) is 6.54 Å². The molecule has 0 spiro atoms. The minimum Gasteiger partial charge on any atom is -0.389 e. The van der Waals surface area contributed by atoms with Crippen molar-refractivity contribution in [3.05, 3.63) is 48.4 Å². The normalized spacial score (nSPS) is 11.8. The van der Waals surface area contributed by atoms with Gasteiger partial charge in [0.2, 0.25) is 0 Å². The lowest BCUT2D eigenvalue weighted by Crippen LogP contribution is -2.26. The van der Waals surface area contributed by atoms with E-state index in [1.165, 1.54) is 0 Å². The van der Waals surface area contributed by atoms with Crippen molar-refractivity contribution >= 4 is 11.2 Å². The molecule has 0 saturated carbocycles.